The fourth-order valence-electron chi connectivity index (χ4n) is 2.22. The summed E-state index contributed by atoms with van der Waals surface area (Å²) >= 11 is 1.08. The van der Waals surface area contributed by atoms with Crippen LogP contribution in [0.4, 0.5) is 26.3 Å². The van der Waals surface area contributed by atoms with E-state index >= 15 is 0 Å². The molecular weight excluding hydrogens is 424 g/mol. The quantitative estimate of drug-likeness (QED) is 0.358. The molecular formula is C18H13F6NO3S. The molecule has 0 aliphatic carbocycles. The standard InChI is InChI=1S/C16H13F3NOS.C2HF3O2/c1-10-9-11-12(17)13(18)15(14(19)16(11)22-10)21-8-7-20-5-3-2-4-6-20;3-2(4,5)1(6)7/h2-6,9H,7-8H2,1H3;(H,6,7)/q+1;/p-1. The molecule has 0 atom stereocenters. The molecule has 1 aromatic carbocycles. The second kappa shape index (κ2) is 9.12. The van der Waals surface area contributed by atoms with Crippen LogP contribution >= 0.6 is 11.3 Å². The van der Waals surface area contributed by atoms with Gasteiger partial charge in [0.15, 0.2) is 36.3 Å². The van der Waals surface area contributed by atoms with E-state index in [-0.39, 0.29) is 16.7 Å². The van der Waals surface area contributed by atoms with Crippen LogP contribution in [0.3, 0.4) is 0 Å². The lowest BCUT2D eigenvalue weighted by atomic mass is 10.2. The molecule has 3 rings (SSSR count). The molecule has 0 fully saturated rings. The number of aromatic nitrogens is 1. The van der Waals surface area contributed by atoms with Crippen molar-refractivity contribution in [2.24, 2.45) is 0 Å². The van der Waals surface area contributed by atoms with Crippen LogP contribution < -0.4 is 14.4 Å². The second-order valence-corrected chi connectivity index (χ2v) is 6.87. The van der Waals surface area contributed by atoms with Gasteiger partial charge in [0.25, 0.3) is 0 Å². The summed E-state index contributed by atoms with van der Waals surface area (Å²) in [4.78, 5) is 9.50. The molecule has 11 heteroatoms. The van der Waals surface area contributed by atoms with Gasteiger partial charge in [-0.05, 0) is 13.0 Å². The first-order valence-corrected chi connectivity index (χ1v) is 8.75. The second-order valence-electron chi connectivity index (χ2n) is 5.62. The average Bonchev–Trinajstić information content (AvgIpc) is 3.05. The number of aliphatic carboxylic acids is 1. The lowest BCUT2D eigenvalue weighted by Crippen LogP contribution is -2.37. The number of rotatable bonds is 4. The first-order valence-electron chi connectivity index (χ1n) is 7.94. The minimum atomic E-state index is -5.19. The monoisotopic (exact) mass is 437 g/mol. The van der Waals surface area contributed by atoms with Crippen molar-refractivity contribution in [3.63, 3.8) is 0 Å². The Balaban J connectivity index is 0.000000370. The number of halogens is 6. The molecule has 2 aromatic heterocycles. The highest BCUT2D eigenvalue weighted by atomic mass is 32.1. The minimum Gasteiger partial charge on any atom is -0.542 e. The van der Waals surface area contributed by atoms with Crippen molar-refractivity contribution in [2.75, 3.05) is 6.61 Å². The molecule has 0 aliphatic heterocycles. The van der Waals surface area contributed by atoms with Crippen molar-refractivity contribution >= 4 is 27.4 Å². The number of aryl methyl sites for hydroxylation is 1. The molecule has 0 saturated carbocycles. The summed E-state index contributed by atoms with van der Waals surface area (Å²) in [5.74, 6) is -6.84. The van der Waals surface area contributed by atoms with Crippen LogP contribution in [0.5, 0.6) is 5.75 Å². The van der Waals surface area contributed by atoms with Gasteiger partial charge in [-0.15, -0.1) is 11.3 Å². The Morgan fingerprint density at radius 1 is 1.10 bits per heavy atom. The fraction of sp³-hybridized carbons (Fsp3) is 0.222. The summed E-state index contributed by atoms with van der Waals surface area (Å²) in [6.07, 6.45) is -1.58. The number of benzene rings is 1. The number of thiophene rings is 1. The Bertz CT molecular complexity index is 1000. The molecule has 156 valence electrons. The van der Waals surface area contributed by atoms with Gasteiger partial charge in [-0.3, -0.25) is 0 Å². The Hall–Kier alpha value is -2.82. The van der Waals surface area contributed by atoms with E-state index in [1.54, 1.807) is 11.5 Å². The van der Waals surface area contributed by atoms with Crippen molar-refractivity contribution in [3.8, 4) is 5.75 Å². The van der Waals surface area contributed by atoms with Crippen LogP contribution in [0, 0.1) is 24.4 Å². The van der Waals surface area contributed by atoms with Crippen molar-refractivity contribution in [1.29, 1.82) is 0 Å². The molecule has 29 heavy (non-hydrogen) atoms. The lowest BCUT2D eigenvalue weighted by Gasteiger charge is -2.08. The number of ether oxygens (including phenoxy) is 1. The molecule has 0 aliphatic rings. The maximum Gasteiger partial charge on any atom is 0.430 e. The Morgan fingerprint density at radius 3 is 2.24 bits per heavy atom. The smallest absolute Gasteiger partial charge is 0.430 e. The number of alkyl halides is 3. The largest absolute Gasteiger partial charge is 0.542 e. The zero-order valence-electron chi connectivity index (χ0n) is 14.7. The molecule has 0 amide bonds. The first kappa shape index (κ1) is 22.5. The van der Waals surface area contributed by atoms with Gasteiger partial charge in [0, 0.05) is 22.4 Å². The maximum absolute atomic E-state index is 14.3. The summed E-state index contributed by atoms with van der Waals surface area (Å²) in [6, 6.07) is 6.97. The maximum atomic E-state index is 14.3. The molecule has 0 saturated heterocycles. The predicted molar refractivity (Wildman–Crippen MR) is 89.6 cm³/mol. The number of nitrogens with zero attached hydrogens (tertiary/aromatic N) is 1. The molecule has 0 unspecified atom stereocenters. The number of hydrogen-bond acceptors (Lipinski definition) is 4. The number of pyridine rings is 1. The summed E-state index contributed by atoms with van der Waals surface area (Å²) in [5.41, 5.74) is 0. The minimum absolute atomic E-state index is 0.0395. The number of fused-ring (bicyclic) bond motifs is 1. The van der Waals surface area contributed by atoms with Crippen LogP contribution in [0.2, 0.25) is 0 Å². The highest BCUT2D eigenvalue weighted by Gasteiger charge is 2.28. The highest BCUT2D eigenvalue weighted by molar-refractivity contribution is 7.19. The third kappa shape index (κ3) is 5.59. The third-order valence-electron chi connectivity index (χ3n) is 3.49. The van der Waals surface area contributed by atoms with E-state index in [1.165, 1.54) is 6.07 Å². The SMILES string of the molecule is Cc1cc2c(F)c(F)c(OCC[n+]3ccccc3)c(F)c2s1.O=C([O-])C(F)(F)F. The number of carboxylic acid groups (broad SMARTS) is 1. The molecule has 0 bridgehead atoms. The van der Waals surface area contributed by atoms with Crippen molar-refractivity contribution in [1.82, 2.24) is 0 Å². The van der Waals surface area contributed by atoms with Crippen LogP contribution in [0.15, 0.2) is 36.7 Å². The van der Waals surface area contributed by atoms with E-state index < -0.39 is 35.3 Å². The first-order chi connectivity index (χ1) is 13.5. The van der Waals surface area contributed by atoms with Gasteiger partial charge in [-0.25, -0.2) is 13.3 Å². The predicted octanol–water partition coefficient (Wildman–Crippen LogP) is 3.29. The normalized spacial score (nSPS) is 11.1. The van der Waals surface area contributed by atoms with E-state index in [2.05, 4.69) is 0 Å². The highest BCUT2D eigenvalue weighted by Crippen LogP contribution is 2.37. The van der Waals surface area contributed by atoms with Crippen LogP contribution in [0.1, 0.15) is 4.88 Å². The van der Waals surface area contributed by atoms with E-state index in [4.69, 9.17) is 14.6 Å². The molecule has 0 spiro atoms. The number of carbonyl (C=O) groups is 1. The van der Waals surface area contributed by atoms with Crippen molar-refractivity contribution < 1.29 is 45.5 Å². The lowest BCUT2D eigenvalue weighted by molar-refractivity contribution is -0.697. The van der Waals surface area contributed by atoms with Gasteiger partial charge in [0.2, 0.25) is 5.82 Å². The number of hydrogen-bond donors (Lipinski definition) is 0. The van der Waals surface area contributed by atoms with Gasteiger partial charge in [0.1, 0.15) is 12.6 Å². The molecule has 0 radical (unpaired) electrons. The summed E-state index contributed by atoms with van der Waals surface area (Å²) < 4.78 is 80.9. The van der Waals surface area contributed by atoms with E-state index in [0.29, 0.717) is 11.4 Å². The van der Waals surface area contributed by atoms with Crippen molar-refractivity contribution in [2.45, 2.75) is 19.6 Å². The summed E-state index contributed by atoms with van der Waals surface area (Å²) in [5, 5.41) is 8.75. The number of carbonyl (C=O) groups excluding carboxylic acids is 1. The summed E-state index contributed by atoms with van der Waals surface area (Å²) in [6.45, 7) is 2.16. The van der Waals surface area contributed by atoms with E-state index in [9.17, 15) is 26.3 Å². The zero-order chi connectivity index (χ0) is 21.8. The van der Waals surface area contributed by atoms with Crippen molar-refractivity contribution in [3.05, 3.63) is 59.0 Å². The van der Waals surface area contributed by atoms with Gasteiger partial charge < -0.3 is 14.6 Å². The van der Waals surface area contributed by atoms with Crippen LogP contribution in [-0.4, -0.2) is 18.8 Å². The average molecular weight is 437 g/mol. The Labute approximate surface area is 164 Å². The molecule has 0 N–H and O–H groups in total. The van der Waals surface area contributed by atoms with E-state index in [1.807, 2.05) is 30.6 Å². The molecule has 4 nitrogen and oxygen atoms in total. The van der Waals surface area contributed by atoms with Gasteiger partial charge in [-0.1, -0.05) is 6.07 Å². The van der Waals surface area contributed by atoms with Gasteiger partial charge in [-0.2, -0.15) is 17.6 Å². The van der Waals surface area contributed by atoms with Crippen LogP contribution in [-0.2, 0) is 11.3 Å². The third-order valence-corrected chi connectivity index (χ3v) is 4.53. The zero-order valence-corrected chi connectivity index (χ0v) is 15.5. The van der Waals surface area contributed by atoms with Crippen LogP contribution in [0.25, 0.3) is 10.1 Å². The van der Waals surface area contributed by atoms with Gasteiger partial charge >= 0.3 is 6.18 Å². The molecule has 3 aromatic rings. The van der Waals surface area contributed by atoms with E-state index in [0.717, 1.165) is 11.3 Å². The Kier molecular flexibility index (Phi) is 7.07. The molecule has 2 heterocycles. The fourth-order valence-corrected chi connectivity index (χ4v) is 3.16. The Morgan fingerprint density at radius 2 is 1.69 bits per heavy atom. The van der Waals surface area contributed by atoms with Gasteiger partial charge in [0.05, 0.1) is 4.70 Å². The summed E-state index contributed by atoms with van der Waals surface area (Å²) in [7, 11) is 0. The number of carboxylic acids is 1. The topological polar surface area (TPSA) is 53.2 Å².